The van der Waals surface area contributed by atoms with Crippen molar-refractivity contribution in [3.05, 3.63) is 110 Å². The molecular weight excluding hydrogens is 575 g/mol. The summed E-state index contributed by atoms with van der Waals surface area (Å²) in [5, 5.41) is -0.330. The maximum atomic E-state index is 13.8. The lowest BCUT2D eigenvalue weighted by Gasteiger charge is -2.26. The first-order valence-electron chi connectivity index (χ1n) is 12.5. The lowest BCUT2D eigenvalue weighted by molar-refractivity contribution is -0.137. The normalized spacial score (nSPS) is 11.2. The summed E-state index contributed by atoms with van der Waals surface area (Å²) >= 11 is 6.24. The largest absolute Gasteiger partial charge is 0.497 e. The first-order valence-corrected chi connectivity index (χ1v) is 12.9. The number of esters is 1. The topological polar surface area (TPSA) is 82.9 Å². The van der Waals surface area contributed by atoms with Crippen LogP contribution >= 0.6 is 11.6 Å². The number of methoxy groups -OCH3 is 3. The van der Waals surface area contributed by atoms with Gasteiger partial charge in [0.25, 0.3) is 5.56 Å². The van der Waals surface area contributed by atoms with Crippen LogP contribution in [0.25, 0.3) is 5.69 Å². The van der Waals surface area contributed by atoms with Gasteiger partial charge < -0.3 is 19.1 Å². The van der Waals surface area contributed by atoms with Crippen molar-refractivity contribution in [2.24, 2.45) is 0 Å². The second-order valence-electron chi connectivity index (χ2n) is 9.28. The monoisotopic (exact) mass is 601 g/mol. The molecule has 8 nitrogen and oxygen atoms in total. The molecule has 0 amide bonds. The molecule has 0 bridgehead atoms. The summed E-state index contributed by atoms with van der Waals surface area (Å²) in [5.74, 6) is 0.364. The lowest BCUT2D eigenvalue weighted by atomic mass is 10.1. The van der Waals surface area contributed by atoms with Gasteiger partial charge in [0, 0.05) is 13.1 Å². The van der Waals surface area contributed by atoms with E-state index in [2.05, 4.69) is 4.98 Å². The fraction of sp³-hybridized carbons (Fsp3) is 0.233. The zero-order valence-corrected chi connectivity index (χ0v) is 23.9. The Kier molecular flexibility index (Phi) is 9.11. The number of carbonyl (C=O) groups is 1. The van der Waals surface area contributed by atoms with E-state index >= 15 is 0 Å². The van der Waals surface area contributed by atoms with Crippen molar-refractivity contribution in [1.29, 1.82) is 0 Å². The van der Waals surface area contributed by atoms with Crippen molar-refractivity contribution in [3.63, 3.8) is 0 Å². The van der Waals surface area contributed by atoms with E-state index in [-0.39, 0.29) is 35.2 Å². The summed E-state index contributed by atoms with van der Waals surface area (Å²) in [6.45, 7) is 1.85. The number of aryl methyl sites for hydroxylation is 1. The highest BCUT2D eigenvalue weighted by molar-refractivity contribution is 6.32. The number of anilines is 1. The number of hydrogen-bond donors (Lipinski definition) is 0. The van der Waals surface area contributed by atoms with Gasteiger partial charge in [0.2, 0.25) is 0 Å². The molecule has 0 aliphatic carbocycles. The Morgan fingerprint density at radius 3 is 1.88 bits per heavy atom. The molecule has 0 saturated carbocycles. The number of ether oxygens (including phenoxy) is 3. The fourth-order valence-corrected chi connectivity index (χ4v) is 4.80. The molecule has 4 rings (SSSR count). The molecule has 220 valence electrons. The third kappa shape index (κ3) is 6.52. The minimum Gasteiger partial charge on any atom is -0.497 e. The van der Waals surface area contributed by atoms with E-state index in [0.717, 1.165) is 41.3 Å². The third-order valence-corrected chi connectivity index (χ3v) is 6.82. The number of aromatic nitrogens is 2. The van der Waals surface area contributed by atoms with Gasteiger partial charge in [0.1, 0.15) is 17.8 Å². The van der Waals surface area contributed by atoms with E-state index in [9.17, 15) is 22.8 Å². The van der Waals surface area contributed by atoms with Gasteiger partial charge in [-0.1, -0.05) is 35.9 Å². The molecule has 12 heteroatoms. The highest BCUT2D eigenvalue weighted by Crippen LogP contribution is 2.35. The zero-order chi connectivity index (χ0) is 30.6. The van der Waals surface area contributed by atoms with Crippen molar-refractivity contribution in [2.45, 2.75) is 26.2 Å². The molecule has 0 N–H and O–H groups in total. The van der Waals surface area contributed by atoms with Crippen molar-refractivity contribution in [3.8, 4) is 17.2 Å². The number of rotatable bonds is 9. The average molecular weight is 602 g/mol. The number of nitrogens with zero attached hydrogens (tertiary/aromatic N) is 3. The predicted molar refractivity (Wildman–Crippen MR) is 152 cm³/mol. The minimum atomic E-state index is -4.64. The van der Waals surface area contributed by atoms with E-state index in [1.165, 1.54) is 6.92 Å². The molecule has 0 aliphatic rings. The van der Waals surface area contributed by atoms with Crippen LogP contribution in [0, 0.1) is 6.92 Å². The van der Waals surface area contributed by atoms with Crippen LogP contribution in [0.2, 0.25) is 5.02 Å². The zero-order valence-electron chi connectivity index (χ0n) is 23.2. The Morgan fingerprint density at radius 1 is 0.929 bits per heavy atom. The summed E-state index contributed by atoms with van der Waals surface area (Å²) in [7, 11) is 4.23. The molecule has 0 fully saturated rings. The van der Waals surface area contributed by atoms with Gasteiger partial charge in [-0.15, -0.1) is 0 Å². The first kappa shape index (κ1) is 30.4. The number of carbonyl (C=O) groups excluding carboxylic acids is 1. The molecule has 0 atom stereocenters. The average Bonchev–Trinajstić information content (AvgIpc) is 2.97. The van der Waals surface area contributed by atoms with Crippen LogP contribution in [-0.4, -0.2) is 36.8 Å². The highest BCUT2D eigenvalue weighted by Gasteiger charge is 2.32. The maximum absolute atomic E-state index is 13.8. The van der Waals surface area contributed by atoms with Crippen LogP contribution in [0.1, 0.15) is 32.6 Å². The molecule has 4 aromatic rings. The molecule has 0 aliphatic heterocycles. The van der Waals surface area contributed by atoms with Crippen LogP contribution in [0.3, 0.4) is 0 Å². The Balaban J connectivity index is 1.87. The standard InChI is InChI=1S/C30H27ClF3N3O5/c1-18-13-21(30(32,33)34)14-24(31)26(18)37-17-35-27(25(28(37)38)29(39)42-4)36(15-19-5-9-22(40-2)10-6-19)16-20-7-11-23(41-3)12-8-20/h5-14,17H,15-16H2,1-4H3. The molecule has 1 aromatic heterocycles. The van der Waals surface area contributed by atoms with Crippen LogP contribution < -0.4 is 19.9 Å². The third-order valence-electron chi connectivity index (χ3n) is 6.53. The maximum Gasteiger partial charge on any atom is 0.416 e. The van der Waals surface area contributed by atoms with E-state index in [1.807, 2.05) is 24.3 Å². The number of alkyl halides is 3. The SMILES string of the molecule is COC(=O)c1c(N(Cc2ccc(OC)cc2)Cc2ccc(OC)cc2)ncn(-c2c(C)cc(C(F)(F)F)cc2Cl)c1=O. The smallest absolute Gasteiger partial charge is 0.416 e. The van der Waals surface area contributed by atoms with Crippen LogP contribution in [0.15, 0.2) is 71.8 Å². The Hall–Kier alpha value is -4.51. The molecule has 0 unspecified atom stereocenters. The molecule has 0 saturated heterocycles. The van der Waals surface area contributed by atoms with Gasteiger partial charge in [-0.05, 0) is 60.0 Å². The molecule has 0 radical (unpaired) electrons. The number of benzene rings is 3. The Morgan fingerprint density at radius 2 is 1.45 bits per heavy atom. The minimum absolute atomic E-state index is 0.0235. The second-order valence-corrected chi connectivity index (χ2v) is 9.69. The van der Waals surface area contributed by atoms with Crippen LogP contribution in [0.5, 0.6) is 11.5 Å². The number of hydrogen-bond acceptors (Lipinski definition) is 7. The molecule has 0 spiro atoms. The quantitative estimate of drug-likeness (QED) is 0.211. The van der Waals surface area contributed by atoms with Gasteiger partial charge in [-0.25, -0.2) is 9.78 Å². The fourth-order valence-electron chi connectivity index (χ4n) is 4.44. The van der Waals surface area contributed by atoms with Crippen LogP contribution in [0.4, 0.5) is 19.0 Å². The summed E-state index contributed by atoms with van der Waals surface area (Å²) in [4.78, 5) is 33.1. The number of halogens is 4. The van der Waals surface area contributed by atoms with E-state index in [1.54, 1.807) is 43.4 Å². The van der Waals surface area contributed by atoms with Gasteiger partial charge in [0.05, 0.1) is 37.6 Å². The molecular formula is C30H27ClF3N3O5. The van der Waals surface area contributed by atoms with Gasteiger partial charge in [0.15, 0.2) is 11.4 Å². The van der Waals surface area contributed by atoms with Gasteiger partial charge >= 0.3 is 12.1 Å². The van der Waals surface area contributed by atoms with E-state index in [0.29, 0.717) is 11.5 Å². The Bertz CT molecular complexity index is 1570. The Labute approximate surface area is 244 Å². The molecule has 42 heavy (non-hydrogen) atoms. The summed E-state index contributed by atoms with van der Waals surface area (Å²) in [5.41, 5.74) is -0.542. The molecule has 3 aromatic carbocycles. The van der Waals surface area contributed by atoms with Crippen LogP contribution in [-0.2, 0) is 24.0 Å². The molecule has 1 heterocycles. The predicted octanol–water partition coefficient (Wildman–Crippen LogP) is 6.22. The van der Waals surface area contributed by atoms with Gasteiger partial charge in [-0.2, -0.15) is 13.2 Å². The van der Waals surface area contributed by atoms with Crippen molar-refractivity contribution in [1.82, 2.24) is 9.55 Å². The van der Waals surface area contributed by atoms with Gasteiger partial charge in [-0.3, -0.25) is 9.36 Å². The summed E-state index contributed by atoms with van der Waals surface area (Å²) < 4.78 is 56.4. The van der Waals surface area contributed by atoms with Crippen molar-refractivity contribution >= 4 is 23.4 Å². The summed E-state index contributed by atoms with van der Waals surface area (Å²) in [6.07, 6.45) is -3.50. The highest BCUT2D eigenvalue weighted by atomic mass is 35.5. The first-order chi connectivity index (χ1) is 20.0. The van der Waals surface area contributed by atoms with E-state index in [4.69, 9.17) is 25.8 Å². The lowest BCUT2D eigenvalue weighted by Crippen LogP contribution is -2.33. The summed E-state index contributed by atoms with van der Waals surface area (Å²) in [6, 6.07) is 16.1. The second kappa shape index (κ2) is 12.6. The van der Waals surface area contributed by atoms with Crippen molar-refractivity contribution < 1.29 is 32.2 Å². The van der Waals surface area contributed by atoms with E-state index < -0.39 is 28.8 Å². The van der Waals surface area contributed by atoms with Crippen molar-refractivity contribution in [2.75, 3.05) is 26.2 Å².